The molecule has 0 aromatic heterocycles. The second kappa shape index (κ2) is 16.2. The second-order valence-electron chi connectivity index (χ2n) is 16.9. The minimum atomic E-state index is -4.12. The fraction of sp³-hybridized carbons (Fsp3) is 0.917. The third kappa shape index (κ3) is 9.81. The highest BCUT2D eigenvalue weighted by Gasteiger charge is 2.59. The molecule has 9 nitrogen and oxygen atoms in total. The molecule has 0 bridgehead atoms. The van der Waals surface area contributed by atoms with E-state index in [0.29, 0.717) is 16.4 Å². The summed E-state index contributed by atoms with van der Waals surface area (Å²) in [6, 6.07) is 0. The van der Waals surface area contributed by atoms with Crippen LogP contribution in [-0.2, 0) is 23.1 Å². The molecule has 2 unspecified atom stereocenters. The van der Waals surface area contributed by atoms with E-state index in [9.17, 15) is 14.3 Å². The third-order valence-electron chi connectivity index (χ3n) is 12.3. The van der Waals surface area contributed by atoms with E-state index in [1.807, 2.05) is 21.1 Å². The summed E-state index contributed by atoms with van der Waals surface area (Å²) in [5, 5.41) is 0. The molecule has 0 radical (unpaired) electrons. The van der Waals surface area contributed by atoms with Crippen LogP contribution in [0.4, 0.5) is 4.79 Å². The van der Waals surface area contributed by atoms with Gasteiger partial charge in [-0.1, -0.05) is 65.5 Å². The topological polar surface area (TPSA) is 121 Å². The molecule has 4 rings (SSSR count). The highest BCUT2D eigenvalue weighted by Crippen LogP contribution is 2.67. The van der Waals surface area contributed by atoms with E-state index in [1.54, 1.807) is 0 Å². The van der Waals surface area contributed by atoms with Gasteiger partial charge in [0.2, 0.25) is 0 Å². The quantitative estimate of drug-likeness (QED) is 0.0604. The van der Waals surface area contributed by atoms with E-state index < -0.39 is 14.0 Å². The Kier molecular flexibility index (Phi) is 13.9. The lowest BCUT2D eigenvalue weighted by Gasteiger charge is -2.58. The molecule has 10 heteroatoms. The molecule has 4 aliphatic rings. The Morgan fingerprint density at radius 2 is 1.70 bits per heavy atom. The van der Waals surface area contributed by atoms with E-state index in [2.05, 4.69) is 40.7 Å². The maximum absolute atomic E-state index is 12.5. The minimum Gasteiger partial charge on any atom is -0.870 e. The molecular weight excluding hydrogens is 605 g/mol. The van der Waals surface area contributed by atoms with Crippen molar-refractivity contribution in [2.45, 2.75) is 118 Å². The summed E-state index contributed by atoms with van der Waals surface area (Å²) >= 11 is 0. The van der Waals surface area contributed by atoms with Crippen LogP contribution < -0.4 is 0 Å². The Morgan fingerprint density at radius 3 is 2.39 bits per heavy atom. The van der Waals surface area contributed by atoms with Crippen LogP contribution >= 0.6 is 7.82 Å². The molecule has 0 heterocycles. The predicted molar refractivity (Wildman–Crippen MR) is 180 cm³/mol. The maximum atomic E-state index is 12.5. The smallest absolute Gasteiger partial charge is 0.508 e. The van der Waals surface area contributed by atoms with Crippen molar-refractivity contribution in [1.29, 1.82) is 0 Å². The Balaban J connectivity index is 0.00000576. The number of hydrogen-bond donors (Lipinski definition) is 1. The number of carbonyl (C=O) groups is 1. The molecule has 0 aromatic rings. The lowest BCUT2D eigenvalue weighted by Crippen LogP contribution is -2.51. The molecule has 0 spiro atoms. The van der Waals surface area contributed by atoms with Gasteiger partial charge in [-0.15, -0.1) is 0 Å². The summed E-state index contributed by atoms with van der Waals surface area (Å²) in [4.78, 5) is 22.3. The number of fused-ring (bicyclic) bond motifs is 5. The molecule has 2 N–H and O–H groups in total. The lowest BCUT2D eigenvalue weighted by atomic mass is 9.47. The summed E-state index contributed by atoms with van der Waals surface area (Å²) in [5.41, 5.74) is 2.19. The fourth-order valence-corrected chi connectivity index (χ4v) is 10.5. The molecule has 3 saturated carbocycles. The fourth-order valence-electron chi connectivity index (χ4n) is 9.78. The number of nitrogens with zero attached hydrogens (tertiary/aromatic N) is 1. The van der Waals surface area contributed by atoms with Crippen molar-refractivity contribution in [2.75, 3.05) is 47.5 Å². The zero-order valence-electron chi connectivity index (χ0n) is 30.2. The average Bonchev–Trinajstić information content (AvgIpc) is 3.29. The third-order valence-corrected chi connectivity index (χ3v) is 13.3. The second-order valence-corrected chi connectivity index (χ2v) is 18.3. The zero-order valence-corrected chi connectivity index (χ0v) is 31.1. The molecule has 4 aliphatic carbocycles. The van der Waals surface area contributed by atoms with Crippen molar-refractivity contribution in [1.82, 2.24) is 0 Å². The molecule has 3 fully saturated rings. The summed E-state index contributed by atoms with van der Waals surface area (Å²) in [5.74, 6) is 4.86. The highest BCUT2D eigenvalue weighted by atomic mass is 31.2. The molecule has 0 amide bonds. The van der Waals surface area contributed by atoms with Crippen LogP contribution in [0.5, 0.6) is 0 Å². The minimum absolute atomic E-state index is 0. The maximum Gasteiger partial charge on any atom is 0.508 e. The number of rotatable bonds is 15. The molecule has 46 heavy (non-hydrogen) atoms. The largest absolute Gasteiger partial charge is 0.870 e. The molecule has 9 atom stereocenters. The number of likely N-dealkylation sites (N-methyl/N-ethyl adjacent to an activating group) is 1. The van der Waals surface area contributed by atoms with Crippen LogP contribution in [0.2, 0.25) is 0 Å². The van der Waals surface area contributed by atoms with Crippen molar-refractivity contribution in [3.05, 3.63) is 11.6 Å². The van der Waals surface area contributed by atoms with Crippen molar-refractivity contribution >= 4 is 14.0 Å². The zero-order chi connectivity index (χ0) is 33.0. The first kappa shape index (κ1) is 39.5. The number of quaternary nitrogens is 1. The Hall–Kier alpha value is -0.960. The van der Waals surface area contributed by atoms with Crippen LogP contribution in [0.15, 0.2) is 11.6 Å². The standard InChI is InChI=1S/C36H64NO7P.H2O/c1-26(2)11-9-12-27(3)31-15-16-32-30-14-13-28-25-29(17-19-35(28,4)33(30)18-20-36(31,32)5)44-34(38)41-22-10-23-42-45(39,40)43-24-21-37(6,7)8;/h13,26-27,29-33H,9-12,14-25H2,1-8H3;1H2/t27-,29?,30+,31-,32+,33+,35+,36-;/m1./s1. The number of ether oxygens (including phenoxy) is 2. The van der Waals surface area contributed by atoms with Gasteiger partial charge in [-0.05, 0) is 91.3 Å². The molecule has 0 aromatic carbocycles. The van der Waals surface area contributed by atoms with E-state index in [-0.39, 0.29) is 43.2 Å². The first-order chi connectivity index (χ1) is 21.0. The number of hydrogen-bond acceptors (Lipinski definition) is 7. The van der Waals surface area contributed by atoms with Gasteiger partial charge in [0.15, 0.2) is 0 Å². The van der Waals surface area contributed by atoms with E-state index >= 15 is 0 Å². The van der Waals surface area contributed by atoms with E-state index in [1.165, 1.54) is 56.9 Å². The highest BCUT2D eigenvalue weighted by molar-refractivity contribution is 7.47. The van der Waals surface area contributed by atoms with E-state index in [0.717, 1.165) is 54.8 Å². The first-order valence-electron chi connectivity index (χ1n) is 18.0. The van der Waals surface area contributed by atoms with Gasteiger partial charge < -0.3 is 24.3 Å². The van der Waals surface area contributed by atoms with Gasteiger partial charge in [0, 0.05) is 12.8 Å². The number of phosphoric ester groups is 1. The normalized spacial score (nSPS) is 34.3. The SMILES string of the molecule is CC(C)CCC[C@@H](C)[C@H]1CC[C@H]2[C@@H]3CC=C4CC(OC(=O)OCCCOP(=O)(O)OCC[N+](C)(C)C)CC[C@]4(C)[C@H]3CC[C@]12C.[OH-]. The van der Waals surface area contributed by atoms with Gasteiger partial charge in [0.1, 0.15) is 19.3 Å². The average molecular weight is 672 g/mol. The van der Waals surface area contributed by atoms with Crippen LogP contribution in [0.3, 0.4) is 0 Å². The van der Waals surface area contributed by atoms with Crippen molar-refractivity contribution in [3.63, 3.8) is 0 Å². The molecule has 0 saturated heterocycles. The van der Waals surface area contributed by atoms with Gasteiger partial charge in [-0.3, -0.25) is 9.05 Å². The van der Waals surface area contributed by atoms with Gasteiger partial charge in [0.05, 0.1) is 34.4 Å². The monoisotopic (exact) mass is 671 g/mol. The predicted octanol–water partition coefficient (Wildman–Crippen LogP) is 8.60. The summed E-state index contributed by atoms with van der Waals surface area (Å²) in [7, 11) is 1.81. The summed E-state index contributed by atoms with van der Waals surface area (Å²) in [6.07, 6.45) is 15.5. The van der Waals surface area contributed by atoms with Crippen molar-refractivity contribution in [2.24, 2.45) is 46.3 Å². The number of phosphoric acid groups is 1. The Morgan fingerprint density at radius 1 is 0.978 bits per heavy atom. The molecular formula is C36H66NO8P. The summed E-state index contributed by atoms with van der Waals surface area (Å²) in [6.45, 7) is 13.1. The van der Waals surface area contributed by atoms with Crippen LogP contribution in [0.1, 0.15) is 112 Å². The van der Waals surface area contributed by atoms with Gasteiger partial charge in [-0.2, -0.15) is 0 Å². The Bertz CT molecular complexity index is 1070. The first-order valence-corrected chi connectivity index (χ1v) is 19.5. The van der Waals surface area contributed by atoms with E-state index in [4.69, 9.17) is 18.5 Å². The van der Waals surface area contributed by atoms with Crippen molar-refractivity contribution < 1.29 is 42.7 Å². The van der Waals surface area contributed by atoms with Crippen LogP contribution in [-0.4, -0.2) is 74.6 Å². The number of allylic oxidation sites excluding steroid dienone is 1. The van der Waals surface area contributed by atoms with Crippen LogP contribution in [0.25, 0.3) is 0 Å². The molecule has 268 valence electrons. The Labute approximate surface area is 279 Å². The molecule has 0 aliphatic heterocycles. The van der Waals surface area contributed by atoms with Gasteiger partial charge in [0.25, 0.3) is 0 Å². The van der Waals surface area contributed by atoms with Crippen molar-refractivity contribution in [3.8, 4) is 0 Å². The summed E-state index contributed by atoms with van der Waals surface area (Å²) < 4.78 is 33.7. The van der Waals surface area contributed by atoms with Gasteiger partial charge in [-0.25, -0.2) is 9.36 Å². The lowest BCUT2D eigenvalue weighted by molar-refractivity contribution is -0.870. The van der Waals surface area contributed by atoms with Gasteiger partial charge >= 0.3 is 14.0 Å². The van der Waals surface area contributed by atoms with Crippen LogP contribution in [0, 0.1) is 46.3 Å². The number of carbonyl (C=O) groups excluding carboxylic acids is 1.